The molecule has 0 aromatic heterocycles. The number of carboxylic acids is 1. The van der Waals surface area contributed by atoms with E-state index in [1.54, 1.807) is 24.3 Å². The van der Waals surface area contributed by atoms with Crippen molar-refractivity contribution in [3.63, 3.8) is 0 Å². The van der Waals surface area contributed by atoms with Crippen LogP contribution in [0.5, 0.6) is 0 Å². The fourth-order valence-corrected chi connectivity index (χ4v) is 2.93. The van der Waals surface area contributed by atoms with Gasteiger partial charge in [0.15, 0.2) is 0 Å². The Bertz CT molecular complexity index is 842. The molecule has 27 heavy (non-hydrogen) atoms. The highest BCUT2D eigenvalue weighted by Gasteiger charge is 2.49. The fourth-order valence-electron chi connectivity index (χ4n) is 2.93. The summed E-state index contributed by atoms with van der Waals surface area (Å²) in [6.07, 6.45) is 2.44. The number of carbonyl (C=O) groups is 3. The second kappa shape index (κ2) is 7.61. The van der Waals surface area contributed by atoms with Crippen molar-refractivity contribution >= 4 is 23.5 Å². The van der Waals surface area contributed by atoms with Crippen LogP contribution in [-0.2, 0) is 16.0 Å². The lowest BCUT2D eigenvalue weighted by molar-refractivity contribution is -0.138. The van der Waals surface area contributed by atoms with Crippen molar-refractivity contribution < 1.29 is 19.5 Å². The number of amides is 2. The van der Waals surface area contributed by atoms with Gasteiger partial charge in [-0.2, -0.15) is 0 Å². The van der Waals surface area contributed by atoms with Gasteiger partial charge in [0.1, 0.15) is 6.04 Å². The minimum absolute atomic E-state index is 0.0111. The number of aliphatic carboxylic acids is 1. The summed E-state index contributed by atoms with van der Waals surface area (Å²) in [5.41, 5.74) is 1.74. The van der Waals surface area contributed by atoms with E-state index in [4.69, 9.17) is 5.11 Å². The molecular weight excluding hydrogens is 344 g/mol. The molecule has 0 bridgehead atoms. The van der Waals surface area contributed by atoms with Crippen LogP contribution >= 0.6 is 0 Å². The molecule has 0 saturated heterocycles. The van der Waals surface area contributed by atoms with Crippen LogP contribution in [0.2, 0.25) is 0 Å². The molecule has 0 spiro atoms. The zero-order chi connectivity index (χ0) is 19.4. The van der Waals surface area contributed by atoms with Gasteiger partial charge in [0.05, 0.1) is 5.41 Å². The van der Waals surface area contributed by atoms with Crippen LogP contribution in [0.3, 0.4) is 0 Å². The van der Waals surface area contributed by atoms with Crippen LogP contribution in [0.4, 0.5) is 5.69 Å². The molecule has 6 nitrogen and oxygen atoms in total. The smallest absolute Gasteiger partial charge is 0.325 e. The van der Waals surface area contributed by atoms with E-state index in [-0.39, 0.29) is 11.3 Å². The Labute approximate surface area is 157 Å². The normalized spacial score (nSPS) is 15.4. The van der Waals surface area contributed by atoms with Crippen molar-refractivity contribution in [2.75, 3.05) is 5.32 Å². The first-order valence-electron chi connectivity index (χ1n) is 8.89. The summed E-state index contributed by atoms with van der Waals surface area (Å²) >= 11 is 0. The second-order valence-electron chi connectivity index (χ2n) is 7.01. The maximum absolute atomic E-state index is 12.7. The van der Waals surface area contributed by atoms with Crippen molar-refractivity contribution in [1.29, 1.82) is 0 Å². The number of carboxylic acid groups (broad SMARTS) is 1. The van der Waals surface area contributed by atoms with Crippen molar-refractivity contribution in [3.05, 3.63) is 65.7 Å². The third kappa shape index (κ3) is 4.53. The molecule has 1 aliphatic rings. The highest BCUT2D eigenvalue weighted by atomic mass is 16.4. The van der Waals surface area contributed by atoms with E-state index in [0.29, 0.717) is 17.7 Å². The fraction of sp³-hybridized carbons (Fsp3) is 0.286. The Morgan fingerprint density at radius 1 is 1.04 bits per heavy atom. The lowest BCUT2D eigenvalue weighted by atomic mass is 9.95. The number of carbonyl (C=O) groups excluding carboxylic acids is 2. The molecule has 0 heterocycles. The monoisotopic (exact) mass is 366 g/mol. The van der Waals surface area contributed by atoms with Crippen molar-refractivity contribution in [1.82, 2.24) is 5.32 Å². The summed E-state index contributed by atoms with van der Waals surface area (Å²) < 4.78 is 0. The van der Waals surface area contributed by atoms with E-state index >= 15 is 0 Å². The number of benzene rings is 2. The van der Waals surface area contributed by atoms with Crippen LogP contribution in [0.1, 0.15) is 35.7 Å². The maximum Gasteiger partial charge on any atom is 0.325 e. The first kappa shape index (κ1) is 18.6. The molecule has 140 valence electrons. The third-order valence-electron chi connectivity index (χ3n) is 4.84. The first-order chi connectivity index (χ1) is 12.9. The average molecular weight is 366 g/mol. The topological polar surface area (TPSA) is 95.5 Å². The minimum Gasteiger partial charge on any atom is -0.480 e. The Hall–Kier alpha value is -3.15. The zero-order valence-electron chi connectivity index (χ0n) is 15.1. The summed E-state index contributed by atoms with van der Waals surface area (Å²) in [4.78, 5) is 35.5. The number of nitrogens with one attached hydrogen (secondary N) is 2. The van der Waals surface area contributed by atoms with Crippen molar-refractivity contribution in [2.45, 2.75) is 32.2 Å². The molecule has 1 unspecified atom stereocenters. The SMILES string of the molecule is CC(NC(=O)c1ccc(NC(=O)C2(Cc3ccccc3)CC2)cc1)C(=O)O. The van der Waals surface area contributed by atoms with Gasteiger partial charge in [0, 0.05) is 11.3 Å². The molecular formula is C21H22N2O4. The molecule has 6 heteroatoms. The van der Waals surface area contributed by atoms with Gasteiger partial charge in [-0.3, -0.25) is 14.4 Å². The summed E-state index contributed by atoms with van der Waals surface area (Å²) in [5, 5.41) is 14.2. The van der Waals surface area contributed by atoms with Crippen LogP contribution in [-0.4, -0.2) is 28.9 Å². The van der Waals surface area contributed by atoms with E-state index in [1.807, 2.05) is 30.3 Å². The van der Waals surface area contributed by atoms with Gasteiger partial charge in [-0.15, -0.1) is 0 Å². The third-order valence-corrected chi connectivity index (χ3v) is 4.84. The molecule has 2 aromatic rings. The highest BCUT2D eigenvalue weighted by molar-refractivity contribution is 5.99. The van der Waals surface area contributed by atoms with E-state index in [0.717, 1.165) is 18.4 Å². The molecule has 0 aliphatic heterocycles. The van der Waals surface area contributed by atoms with E-state index in [1.165, 1.54) is 6.92 Å². The van der Waals surface area contributed by atoms with Crippen LogP contribution in [0.15, 0.2) is 54.6 Å². The van der Waals surface area contributed by atoms with Gasteiger partial charge in [-0.05, 0) is 56.0 Å². The molecule has 0 radical (unpaired) electrons. The summed E-state index contributed by atoms with van der Waals surface area (Å²) in [6, 6.07) is 15.4. The van der Waals surface area contributed by atoms with Crippen molar-refractivity contribution in [3.8, 4) is 0 Å². The molecule has 3 rings (SSSR count). The summed E-state index contributed by atoms with van der Waals surface area (Å²) in [6.45, 7) is 1.40. The van der Waals surface area contributed by atoms with E-state index < -0.39 is 17.9 Å². The van der Waals surface area contributed by atoms with Crippen molar-refractivity contribution in [2.24, 2.45) is 5.41 Å². The summed E-state index contributed by atoms with van der Waals surface area (Å²) in [5.74, 6) is -1.58. The Kier molecular flexibility index (Phi) is 5.26. The number of hydrogen-bond donors (Lipinski definition) is 3. The standard InChI is InChI=1S/C21H22N2O4/c1-14(19(25)26)22-18(24)16-7-9-17(10-8-16)23-20(27)21(11-12-21)13-15-5-3-2-4-6-15/h2-10,14H,11-13H2,1H3,(H,22,24)(H,23,27)(H,25,26). The van der Waals surface area contributed by atoms with Crippen LogP contribution in [0.25, 0.3) is 0 Å². The molecule has 1 aliphatic carbocycles. The minimum atomic E-state index is -1.10. The quantitative estimate of drug-likeness (QED) is 0.702. The lowest BCUT2D eigenvalue weighted by Gasteiger charge is -2.16. The van der Waals surface area contributed by atoms with Gasteiger partial charge in [0.2, 0.25) is 5.91 Å². The number of hydrogen-bond acceptors (Lipinski definition) is 3. The van der Waals surface area contributed by atoms with Crippen LogP contribution < -0.4 is 10.6 Å². The van der Waals surface area contributed by atoms with Gasteiger partial charge in [-0.25, -0.2) is 0 Å². The molecule has 2 amide bonds. The Balaban J connectivity index is 1.60. The maximum atomic E-state index is 12.7. The Morgan fingerprint density at radius 2 is 1.67 bits per heavy atom. The second-order valence-corrected chi connectivity index (χ2v) is 7.01. The molecule has 1 fully saturated rings. The summed E-state index contributed by atoms with van der Waals surface area (Å²) in [7, 11) is 0. The average Bonchev–Trinajstić information content (AvgIpc) is 3.43. The molecule has 3 N–H and O–H groups in total. The lowest BCUT2D eigenvalue weighted by Crippen LogP contribution is -2.38. The largest absolute Gasteiger partial charge is 0.480 e. The van der Waals surface area contributed by atoms with Gasteiger partial charge < -0.3 is 15.7 Å². The van der Waals surface area contributed by atoms with E-state index in [2.05, 4.69) is 10.6 Å². The number of anilines is 1. The predicted octanol–water partition coefficient (Wildman–Crippen LogP) is 2.85. The molecule has 1 atom stereocenters. The van der Waals surface area contributed by atoms with Crippen LogP contribution in [0, 0.1) is 5.41 Å². The zero-order valence-corrected chi connectivity index (χ0v) is 15.1. The van der Waals surface area contributed by atoms with Gasteiger partial charge in [-0.1, -0.05) is 30.3 Å². The van der Waals surface area contributed by atoms with Gasteiger partial charge >= 0.3 is 5.97 Å². The molecule has 1 saturated carbocycles. The highest BCUT2D eigenvalue weighted by Crippen LogP contribution is 2.49. The first-order valence-corrected chi connectivity index (χ1v) is 8.89. The number of rotatable bonds is 7. The Morgan fingerprint density at radius 3 is 2.22 bits per heavy atom. The van der Waals surface area contributed by atoms with E-state index in [9.17, 15) is 14.4 Å². The predicted molar refractivity (Wildman–Crippen MR) is 101 cm³/mol. The van der Waals surface area contributed by atoms with Gasteiger partial charge in [0.25, 0.3) is 5.91 Å². The molecule has 2 aromatic carbocycles.